The first-order valence-corrected chi connectivity index (χ1v) is 29.9. The molecule has 1 saturated carbocycles. The summed E-state index contributed by atoms with van der Waals surface area (Å²) in [5.74, 6) is -2.26. The SMILES string of the molecule is CO[C@]1(C)C[C@H](O[C@H]2[C@H](C)[C@@H](O[C@@H]3O[C@H](C)C[C@H](N(C)CCc4cn(CCCCc5ccc(-n6cc(C7CCCCC7)nn6)cc5)nn4)[C@H]3O)[C@](C)(O)C[C@@H](C)CN(C)[C@H](C)[C@@H](O)[C@](C)(O)[C@@H](I)OC(=O)[C@@H]2C)O[C@@H](C)[C@@H]1O. The predicted molar refractivity (Wildman–Crippen MR) is 301 cm³/mol. The number of cyclic esters (lactones) is 1. The Morgan fingerprint density at radius 3 is 2.27 bits per heavy atom. The van der Waals surface area contributed by atoms with Gasteiger partial charge in [-0.2, -0.15) is 0 Å². The average Bonchev–Trinajstić information content (AvgIpc) is 4.13. The summed E-state index contributed by atoms with van der Waals surface area (Å²) in [7, 11) is 5.31. The van der Waals surface area contributed by atoms with E-state index in [4.69, 9.17) is 28.4 Å². The molecule has 1 aliphatic carbocycles. The predicted octanol–water partition coefficient (Wildman–Crippen LogP) is 5.74. The van der Waals surface area contributed by atoms with Gasteiger partial charge < -0.3 is 63.8 Å². The number of aliphatic hydroxyl groups is 5. The van der Waals surface area contributed by atoms with Gasteiger partial charge in [0.2, 0.25) is 0 Å². The van der Waals surface area contributed by atoms with Crippen molar-refractivity contribution in [3.63, 3.8) is 0 Å². The number of benzene rings is 1. The first kappa shape index (κ1) is 62.8. The fraction of sp³-hybridized carbons (Fsp3) is 0.807. The number of nitrogens with zero attached hydrogens (tertiary/aromatic N) is 8. The third kappa shape index (κ3) is 15.3. The van der Waals surface area contributed by atoms with Crippen LogP contribution in [0.1, 0.15) is 149 Å². The van der Waals surface area contributed by atoms with Crippen molar-refractivity contribution in [3.8, 4) is 5.69 Å². The van der Waals surface area contributed by atoms with Gasteiger partial charge >= 0.3 is 5.97 Å². The van der Waals surface area contributed by atoms with Gasteiger partial charge in [-0.25, -0.2) is 4.68 Å². The number of aliphatic hydroxyl groups excluding tert-OH is 3. The second kappa shape index (κ2) is 27.1. The van der Waals surface area contributed by atoms with Crippen molar-refractivity contribution in [1.82, 2.24) is 39.8 Å². The molecule has 5 heterocycles. The number of rotatable bonds is 16. The van der Waals surface area contributed by atoms with Crippen LogP contribution in [0.2, 0.25) is 0 Å². The minimum atomic E-state index is -1.85. The van der Waals surface area contributed by atoms with Crippen LogP contribution in [0, 0.1) is 17.8 Å². The summed E-state index contributed by atoms with van der Waals surface area (Å²) in [6.45, 7) is 17.5. The van der Waals surface area contributed by atoms with Gasteiger partial charge in [0.05, 0.1) is 64.8 Å². The molecule has 0 amide bonds. The summed E-state index contributed by atoms with van der Waals surface area (Å²) >= 11 is 1.84. The standard InChI is InChI=1S/C57H93IN8O12/c1-34-29-55(7,71)51(36(3)48(76-46-30-56(8,73-12)50(69)39(6)75-46)37(4)52(70)78-54(58)57(9,72)49(68)38(5)64(11)31-34)77-53-47(67)45(28-35(2)74-53)63(10)27-25-42-32-65(61-59-42)26-17-16-18-40-21-23-43(24-22-40)66-33-44(60-62-66)41-19-14-13-15-20-41/h21-24,32-39,41,45-51,53-54,67-69,71-72H,13-20,25-31H2,1-12H3/t34-,35-,36+,37-,38-,39+,45+,46+,47-,48+,49-,50+,51-,53+,54+,55-,56-,57+/m1/s1. The number of unbranched alkanes of at least 4 members (excludes halogenated alkanes) is 1. The third-order valence-corrected chi connectivity index (χ3v) is 19.2. The average molecular weight is 1210 g/mol. The largest absolute Gasteiger partial charge is 0.448 e. The van der Waals surface area contributed by atoms with Gasteiger partial charge in [-0.05, 0) is 154 Å². The van der Waals surface area contributed by atoms with E-state index in [2.05, 4.69) is 56.0 Å². The number of halogens is 1. The fourth-order valence-electron chi connectivity index (χ4n) is 12.5. The van der Waals surface area contributed by atoms with Gasteiger partial charge in [-0.15, -0.1) is 10.2 Å². The summed E-state index contributed by atoms with van der Waals surface area (Å²) in [5.41, 5.74) is -0.290. The molecule has 1 aromatic carbocycles. The van der Waals surface area contributed by atoms with Crippen molar-refractivity contribution in [3.05, 3.63) is 53.6 Å². The molecule has 0 radical (unpaired) electrons. The number of esters is 1. The zero-order chi connectivity index (χ0) is 56.9. The summed E-state index contributed by atoms with van der Waals surface area (Å²) in [4.78, 5) is 18.4. The van der Waals surface area contributed by atoms with Crippen LogP contribution >= 0.6 is 22.6 Å². The highest BCUT2D eigenvalue weighted by Gasteiger charge is 2.53. The Kier molecular flexibility index (Phi) is 21.8. The quantitative estimate of drug-likeness (QED) is 0.0497. The number of methoxy groups -OCH3 is 1. The van der Waals surface area contributed by atoms with E-state index in [0.29, 0.717) is 31.8 Å². The van der Waals surface area contributed by atoms with Gasteiger partial charge in [0.25, 0.3) is 0 Å². The number of hydrogen-bond acceptors (Lipinski definition) is 18. The second-order valence-electron chi connectivity index (χ2n) is 24.4. The maximum atomic E-state index is 14.4. The van der Waals surface area contributed by atoms with Crippen molar-refractivity contribution < 1.29 is 58.7 Å². The number of alkyl halides is 1. The first-order valence-electron chi connectivity index (χ1n) is 28.6. The highest BCUT2D eigenvalue weighted by molar-refractivity contribution is 14.1. The Morgan fingerprint density at radius 1 is 0.872 bits per heavy atom. The van der Waals surface area contributed by atoms with Crippen LogP contribution in [0.3, 0.4) is 0 Å². The molecule has 4 aliphatic rings. The van der Waals surface area contributed by atoms with Crippen molar-refractivity contribution in [2.45, 2.75) is 240 Å². The van der Waals surface area contributed by atoms with Gasteiger partial charge in [0.15, 0.2) is 16.7 Å². The molecule has 5 N–H and O–H groups in total. The number of carbonyl (C=O) groups is 1. The lowest BCUT2D eigenvalue weighted by Gasteiger charge is -2.49. The van der Waals surface area contributed by atoms with Crippen LogP contribution in [0.25, 0.3) is 5.69 Å². The zero-order valence-corrected chi connectivity index (χ0v) is 50.5. The van der Waals surface area contributed by atoms with E-state index < -0.39 is 100 Å². The Morgan fingerprint density at radius 2 is 1.58 bits per heavy atom. The van der Waals surface area contributed by atoms with Gasteiger partial charge in [0, 0.05) is 69.7 Å². The third-order valence-electron chi connectivity index (χ3n) is 17.7. The Balaban J connectivity index is 1.01. The number of aryl methyl sites for hydroxylation is 2. The maximum absolute atomic E-state index is 14.4. The molecule has 2 aromatic heterocycles. The van der Waals surface area contributed by atoms with E-state index in [-0.39, 0.29) is 24.9 Å². The van der Waals surface area contributed by atoms with E-state index >= 15 is 0 Å². The molecule has 0 spiro atoms. The van der Waals surface area contributed by atoms with Crippen molar-refractivity contribution in [2.75, 3.05) is 34.3 Å². The molecule has 3 saturated heterocycles. The molecule has 3 aliphatic heterocycles. The van der Waals surface area contributed by atoms with Gasteiger partial charge in [0.1, 0.15) is 23.9 Å². The number of ether oxygens (including phenoxy) is 6. The van der Waals surface area contributed by atoms with Crippen LogP contribution in [0.15, 0.2) is 36.7 Å². The summed E-state index contributed by atoms with van der Waals surface area (Å²) < 4.78 is 40.8. The molecule has 7 rings (SSSR count). The zero-order valence-electron chi connectivity index (χ0n) is 48.4. The molecule has 18 atom stereocenters. The highest BCUT2D eigenvalue weighted by atomic mass is 127. The summed E-state index contributed by atoms with van der Waals surface area (Å²) in [6, 6.07) is 7.61. The van der Waals surface area contributed by atoms with Crippen molar-refractivity contribution >= 4 is 28.6 Å². The molecule has 4 fully saturated rings. The summed E-state index contributed by atoms with van der Waals surface area (Å²) in [5, 5.41) is 77.3. The first-order chi connectivity index (χ1) is 36.8. The molecule has 0 unspecified atom stereocenters. The van der Waals surface area contributed by atoms with Crippen LogP contribution < -0.4 is 0 Å². The second-order valence-corrected chi connectivity index (χ2v) is 25.5. The van der Waals surface area contributed by atoms with E-state index in [1.807, 2.05) is 77.9 Å². The molecule has 20 nitrogen and oxygen atoms in total. The number of carbonyl (C=O) groups excluding carboxylic acids is 1. The normalized spacial score (nSPS) is 38.4. The Bertz CT molecular complexity index is 2340. The van der Waals surface area contributed by atoms with Crippen LogP contribution in [0.5, 0.6) is 0 Å². The molecule has 21 heteroatoms. The molecule has 0 bridgehead atoms. The minimum Gasteiger partial charge on any atom is -0.448 e. The van der Waals surface area contributed by atoms with E-state index in [9.17, 15) is 30.3 Å². The molecule has 3 aromatic rings. The fourth-order valence-corrected chi connectivity index (χ4v) is 13.1. The van der Waals surface area contributed by atoms with E-state index in [1.54, 1.807) is 34.6 Å². The highest BCUT2D eigenvalue weighted by Crippen LogP contribution is 2.41. The van der Waals surface area contributed by atoms with Crippen molar-refractivity contribution in [1.29, 1.82) is 0 Å². The van der Waals surface area contributed by atoms with Crippen LogP contribution in [0.4, 0.5) is 0 Å². The number of hydrogen-bond donors (Lipinski definition) is 5. The smallest absolute Gasteiger partial charge is 0.312 e. The lowest BCUT2D eigenvalue weighted by atomic mass is 9.77. The van der Waals surface area contributed by atoms with Crippen LogP contribution in [-0.2, 0) is 52.6 Å². The molecule has 78 heavy (non-hydrogen) atoms. The van der Waals surface area contributed by atoms with Crippen LogP contribution in [-0.4, -0.2) is 194 Å². The Hall–Kier alpha value is -2.78. The van der Waals surface area contributed by atoms with E-state index in [0.717, 1.165) is 42.9 Å². The minimum absolute atomic E-state index is 0.106. The lowest BCUT2D eigenvalue weighted by molar-refractivity contribution is -0.318. The topological polar surface area (TPSA) is 241 Å². The van der Waals surface area contributed by atoms with E-state index in [1.165, 1.54) is 51.7 Å². The number of likely N-dealkylation sites (N-methyl/N-ethyl adjacent to an activating group) is 2. The molecular formula is C57H93IN8O12. The van der Waals surface area contributed by atoms with Crippen molar-refractivity contribution in [2.24, 2.45) is 17.8 Å². The molecule has 440 valence electrons. The van der Waals surface area contributed by atoms with Gasteiger partial charge in [-0.3, -0.25) is 9.48 Å². The monoisotopic (exact) mass is 1210 g/mol. The maximum Gasteiger partial charge on any atom is 0.312 e. The lowest BCUT2D eigenvalue weighted by Crippen LogP contribution is -2.60. The Labute approximate surface area is 476 Å². The number of aromatic nitrogens is 6. The van der Waals surface area contributed by atoms with Gasteiger partial charge in [-0.1, -0.05) is 55.7 Å². The summed E-state index contributed by atoms with van der Waals surface area (Å²) in [6.07, 6.45) is 5.78. The molecular weight excluding hydrogens is 1120 g/mol.